The Morgan fingerprint density at radius 1 is 1.23 bits per heavy atom. The summed E-state index contributed by atoms with van der Waals surface area (Å²) >= 11 is 0. The maximum absolute atomic E-state index is 17.1. The van der Waals surface area contributed by atoms with Crippen molar-refractivity contribution >= 4 is 11.6 Å². The van der Waals surface area contributed by atoms with Gasteiger partial charge in [-0.2, -0.15) is 0 Å². The number of ether oxygens (including phenoxy) is 2. The van der Waals surface area contributed by atoms with Gasteiger partial charge < -0.3 is 14.6 Å². The second-order valence-electron chi connectivity index (χ2n) is 10.9. The van der Waals surface area contributed by atoms with Crippen molar-refractivity contribution in [3.63, 3.8) is 0 Å². The van der Waals surface area contributed by atoms with Gasteiger partial charge in [-0.05, 0) is 71.4 Å². The second-order valence-corrected chi connectivity index (χ2v) is 10.9. The van der Waals surface area contributed by atoms with Crippen LogP contribution < -0.4 is 0 Å². The van der Waals surface area contributed by atoms with E-state index in [0.29, 0.717) is 19.3 Å². The van der Waals surface area contributed by atoms with Crippen LogP contribution in [-0.2, 0) is 19.1 Å². The first-order valence-corrected chi connectivity index (χ1v) is 11.0. The number of alkyl halides is 1. The molecule has 4 fully saturated rings. The van der Waals surface area contributed by atoms with Crippen LogP contribution in [0, 0.1) is 22.7 Å². The van der Waals surface area contributed by atoms with Gasteiger partial charge in [0.1, 0.15) is 0 Å². The van der Waals surface area contributed by atoms with Gasteiger partial charge in [0.25, 0.3) is 0 Å². The molecule has 0 spiro atoms. The number of Topliss-reactive ketones (excluding diaryl/α,β-unsaturated/α-hetero) is 1. The van der Waals surface area contributed by atoms with Gasteiger partial charge in [0.15, 0.2) is 28.6 Å². The lowest BCUT2D eigenvalue weighted by Gasteiger charge is -2.62. The minimum atomic E-state index is -1.91. The maximum atomic E-state index is 17.1. The lowest BCUT2D eigenvalue weighted by atomic mass is 9.44. The highest BCUT2D eigenvalue weighted by molar-refractivity contribution is 6.01. The quantitative estimate of drug-likeness (QED) is 0.706. The molecule has 0 aromatic heterocycles. The summed E-state index contributed by atoms with van der Waals surface area (Å²) in [5.41, 5.74) is -4.11. The molecule has 1 N–H and O–H groups in total. The van der Waals surface area contributed by atoms with Gasteiger partial charge >= 0.3 is 0 Å². The predicted octanol–water partition coefficient (Wildman–Crippen LogP) is 3.45. The van der Waals surface area contributed by atoms with Crippen LogP contribution in [0.1, 0.15) is 60.3 Å². The molecule has 0 bridgehead atoms. The molecule has 4 aliphatic carbocycles. The number of carbonyl (C=O) groups excluding carboxylic acids is 2. The molecule has 0 radical (unpaired) electrons. The molecular weight excluding hydrogens is 387 g/mol. The number of rotatable bonds is 1. The smallest absolute Gasteiger partial charge is 0.178 e. The van der Waals surface area contributed by atoms with Crippen molar-refractivity contribution in [3.8, 4) is 0 Å². The largest absolute Gasteiger partial charge is 0.390 e. The molecule has 0 amide bonds. The summed E-state index contributed by atoms with van der Waals surface area (Å²) in [6.45, 7) is 8.89. The second kappa shape index (κ2) is 5.70. The van der Waals surface area contributed by atoms with Gasteiger partial charge in [-0.3, -0.25) is 9.59 Å². The Labute approximate surface area is 176 Å². The van der Waals surface area contributed by atoms with Gasteiger partial charge in [-0.25, -0.2) is 4.39 Å². The first-order chi connectivity index (χ1) is 13.8. The molecule has 3 unspecified atom stereocenters. The fourth-order valence-corrected chi connectivity index (χ4v) is 7.95. The molecule has 3 saturated carbocycles. The normalized spacial score (nSPS) is 53.4. The number of halogens is 1. The molecule has 5 aliphatic rings. The Hall–Kier alpha value is -1.37. The fourth-order valence-electron chi connectivity index (χ4n) is 7.95. The van der Waals surface area contributed by atoms with Gasteiger partial charge in [-0.1, -0.05) is 18.6 Å². The van der Waals surface area contributed by atoms with Crippen LogP contribution in [0.25, 0.3) is 0 Å². The van der Waals surface area contributed by atoms with Crippen LogP contribution >= 0.6 is 0 Å². The average molecular weight is 419 g/mol. The number of allylic oxidation sites excluding steroid dienone is 4. The fraction of sp³-hybridized carbons (Fsp3) is 0.750. The third kappa shape index (κ3) is 2.08. The van der Waals surface area contributed by atoms with E-state index < -0.39 is 46.0 Å². The van der Waals surface area contributed by atoms with E-state index in [9.17, 15) is 14.7 Å². The molecule has 5 rings (SSSR count). The zero-order valence-corrected chi connectivity index (χ0v) is 18.3. The zero-order valence-electron chi connectivity index (χ0n) is 18.3. The third-order valence-electron chi connectivity index (χ3n) is 9.16. The number of carbonyl (C=O) groups is 2. The van der Waals surface area contributed by atoms with Gasteiger partial charge in [0.2, 0.25) is 0 Å². The standard InChI is InChI=1S/C24H31FO5/c1-13(26)24-19(29-20(2,3)30-24)11-17-16-7-6-14-10-15(27)8-9-21(14,4)23(16,25)18(28)12-22(17,24)5/h8-10,16-19,28H,6-7,11-12H2,1-5H3/t16?,17-,18-,19+,21?,22?,23-,24+/m0/s1. The molecule has 0 aromatic rings. The molecule has 164 valence electrons. The summed E-state index contributed by atoms with van der Waals surface area (Å²) < 4.78 is 29.6. The van der Waals surface area contributed by atoms with Crippen LogP contribution in [0.2, 0.25) is 0 Å². The topological polar surface area (TPSA) is 72.8 Å². The van der Waals surface area contributed by atoms with Crippen LogP contribution in [0.15, 0.2) is 23.8 Å². The minimum Gasteiger partial charge on any atom is -0.390 e. The van der Waals surface area contributed by atoms with Crippen molar-refractivity contribution < 1.29 is 28.6 Å². The van der Waals surface area contributed by atoms with Crippen LogP contribution in [0.3, 0.4) is 0 Å². The molecule has 5 nitrogen and oxygen atoms in total. The van der Waals surface area contributed by atoms with Crippen molar-refractivity contribution in [1.29, 1.82) is 0 Å². The summed E-state index contributed by atoms with van der Waals surface area (Å²) in [6, 6.07) is 0. The van der Waals surface area contributed by atoms with E-state index >= 15 is 4.39 Å². The van der Waals surface area contributed by atoms with Crippen molar-refractivity contribution in [2.75, 3.05) is 0 Å². The molecule has 0 aromatic carbocycles. The van der Waals surface area contributed by atoms with Crippen molar-refractivity contribution in [2.45, 2.75) is 89.6 Å². The molecule has 1 aliphatic heterocycles. The SMILES string of the molecule is CC(=O)[C@@]12OC(C)(C)O[C@@H]1C[C@H]1C3CCC4=CC(=O)C=CC4(C)[C@@]3(F)[C@@H](O)CC12C. The van der Waals surface area contributed by atoms with Crippen LogP contribution in [-0.4, -0.2) is 45.9 Å². The maximum Gasteiger partial charge on any atom is 0.178 e. The summed E-state index contributed by atoms with van der Waals surface area (Å²) in [4.78, 5) is 25.0. The van der Waals surface area contributed by atoms with Gasteiger partial charge in [0.05, 0.1) is 12.2 Å². The summed E-state index contributed by atoms with van der Waals surface area (Å²) in [5, 5.41) is 11.4. The summed E-state index contributed by atoms with van der Waals surface area (Å²) in [5.74, 6) is -1.77. The number of aliphatic hydroxyl groups is 1. The Kier molecular flexibility index (Phi) is 3.90. The predicted molar refractivity (Wildman–Crippen MR) is 107 cm³/mol. The number of hydrogen-bond donors (Lipinski definition) is 1. The summed E-state index contributed by atoms with van der Waals surface area (Å²) in [7, 11) is 0. The molecule has 1 saturated heterocycles. The average Bonchev–Trinajstić information content (AvgIpc) is 3.04. The van der Waals surface area contributed by atoms with E-state index in [0.717, 1.165) is 5.57 Å². The van der Waals surface area contributed by atoms with Crippen LogP contribution in [0.5, 0.6) is 0 Å². The molecule has 8 atom stereocenters. The highest BCUT2D eigenvalue weighted by Crippen LogP contribution is 2.72. The van der Waals surface area contributed by atoms with Gasteiger partial charge in [-0.15, -0.1) is 0 Å². The molecular formula is C24H31FO5. The Morgan fingerprint density at radius 3 is 2.60 bits per heavy atom. The van der Waals surface area contributed by atoms with E-state index in [1.54, 1.807) is 26.8 Å². The number of hydrogen-bond acceptors (Lipinski definition) is 5. The van der Waals surface area contributed by atoms with E-state index in [1.807, 2.05) is 6.92 Å². The Balaban J connectivity index is 1.64. The van der Waals surface area contributed by atoms with Crippen molar-refractivity contribution in [3.05, 3.63) is 23.8 Å². The van der Waals surface area contributed by atoms with Crippen molar-refractivity contribution in [1.82, 2.24) is 0 Å². The zero-order chi connectivity index (χ0) is 21.9. The monoisotopic (exact) mass is 418 g/mol. The first-order valence-electron chi connectivity index (χ1n) is 11.0. The van der Waals surface area contributed by atoms with Crippen molar-refractivity contribution in [2.24, 2.45) is 22.7 Å². The Morgan fingerprint density at radius 2 is 1.93 bits per heavy atom. The van der Waals surface area contributed by atoms with Crippen LogP contribution in [0.4, 0.5) is 4.39 Å². The van der Waals surface area contributed by atoms with E-state index in [1.165, 1.54) is 19.1 Å². The van der Waals surface area contributed by atoms with Gasteiger partial charge in [0, 0.05) is 16.7 Å². The number of fused-ring (bicyclic) bond motifs is 7. The Bertz CT molecular complexity index is 907. The van der Waals surface area contributed by atoms with E-state index in [-0.39, 0.29) is 23.9 Å². The highest BCUT2D eigenvalue weighted by Gasteiger charge is 2.79. The lowest BCUT2D eigenvalue weighted by Crippen LogP contribution is -2.69. The number of aliphatic hydroxyl groups excluding tert-OH is 1. The molecule has 30 heavy (non-hydrogen) atoms. The minimum absolute atomic E-state index is 0.116. The third-order valence-corrected chi connectivity index (χ3v) is 9.16. The molecule has 1 heterocycles. The summed E-state index contributed by atoms with van der Waals surface area (Å²) in [6.07, 6.45) is 4.64. The van der Waals surface area contributed by atoms with E-state index in [4.69, 9.17) is 9.47 Å². The van der Waals surface area contributed by atoms with E-state index in [2.05, 4.69) is 0 Å². The first kappa shape index (κ1) is 20.5. The lowest BCUT2D eigenvalue weighted by molar-refractivity contribution is -0.245. The highest BCUT2D eigenvalue weighted by atomic mass is 19.1. The molecule has 6 heteroatoms. The number of ketones is 2.